The first-order valence-corrected chi connectivity index (χ1v) is 8.06. The second-order valence-corrected chi connectivity index (χ2v) is 6.04. The molecule has 2 aromatic heterocycles. The normalized spacial score (nSPS) is 11.4. The summed E-state index contributed by atoms with van der Waals surface area (Å²) in [6.45, 7) is 0.322. The number of halogens is 4. The molecule has 0 aliphatic rings. The van der Waals surface area contributed by atoms with Gasteiger partial charge in [0.15, 0.2) is 0 Å². The lowest BCUT2D eigenvalue weighted by atomic mass is 10.2. The Balaban J connectivity index is 1.95. The lowest BCUT2D eigenvalue weighted by Gasteiger charge is -2.20. The van der Waals surface area contributed by atoms with Crippen LogP contribution in [0.2, 0.25) is 5.02 Å². The number of rotatable bonds is 4. The fraction of sp³-hybridized carbons (Fsp3) is 0.176. The summed E-state index contributed by atoms with van der Waals surface area (Å²) in [5, 5.41) is 3.81. The lowest BCUT2D eigenvalue weighted by Crippen LogP contribution is -2.26. The second-order valence-electron chi connectivity index (χ2n) is 5.66. The fourth-order valence-electron chi connectivity index (χ4n) is 2.43. The largest absolute Gasteiger partial charge is 0.416 e. The summed E-state index contributed by atoms with van der Waals surface area (Å²) in [4.78, 5) is 22.3. The highest BCUT2D eigenvalue weighted by Gasteiger charge is 2.30. The Morgan fingerprint density at radius 1 is 1.22 bits per heavy atom. The molecule has 0 spiro atoms. The lowest BCUT2D eigenvalue weighted by molar-refractivity contribution is -0.137. The quantitative estimate of drug-likeness (QED) is 0.678. The molecule has 0 amide bonds. The molecular weight excluding hydrogens is 383 g/mol. The van der Waals surface area contributed by atoms with Crippen LogP contribution in [-0.4, -0.2) is 26.8 Å². The highest BCUT2D eigenvalue weighted by molar-refractivity contribution is 6.33. The molecule has 0 atom stereocenters. The van der Waals surface area contributed by atoms with Crippen LogP contribution in [-0.2, 0) is 12.7 Å². The zero-order valence-corrected chi connectivity index (χ0v) is 14.7. The molecule has 0 saturated heterocycles. The predicted octanol–water partition coefficient (Wildman–Crippen LogP) is 3.33. The standard InChI is InChI=1S/C17H13ClF3N5O/c1-25(10-12-8-22-5-6-23-12)14-9-24-26(16(27)15(14)18)13-4-2-3-11(7-13)17(19,20)21/h2-9H,10H2,1H3. The molecule has 10 heteroatoms. The van der Waals surface area contributed by atoms with Gasteiger partial charge in [-0.15, -0.1) is 0 Å². The van der Waals surface area contributed by atoms with Gasteiger partial charge in [0.2, 0.25) is 0 Å². The summed E-state index contributed by atoms with van der Waals surface area (Å²) >= 11 is 6.17. The van der Waals surface area contributed by atoms with E-state index in [9.17, 15) is 18.0 Å². The first kappa shape index (κ1) is 18.8. The smallest absolute Gasteiger partial charge is 0.366 e. The number of anilines is 1. The van der Waals surface area contributed by atoms with Gasteiger partial charge in [0, 0.05) is 19.4 Å². The Labute approximate surface area is 156 Å². The summed E-state index contributed by atoms with van der Waals surface area (Å²) in [6, 6.07) is 4.31. The molecule has 2 heterocycles. The summed E-state index contributed by atoms with van der Waals surface area (Å²) in [7, 11) is 1.69. The Morgan fingerprint density at radius 2 is 2.00 bits per heavy atom. The maximum Gasteiger partial charge on any atom is 0.416 e. The first-order valence-electron chi connectivity index (χ1n) is 7.69. The van der Waals surface area contributed by atoms with E-state index in [0.717, 1.165) is 16.8 Å². The molecule has 27 heavy (non-hydrogen) atoms. The maximum atomic E-state index is 12.9. The molecule has 0 N–H and O–H groups in total. The van der Waals surface area contributed by atoms with E-state index >= 15 is 0 Å². The van der Waals surface area contributed by atoms with Crippen molar-refractivity contribution < 1.29 is 13.2 Å². The molecule has 0 radical (unpaired) electrons. The topological polar surface area (TPSA) is 63.9 Å². The minimum Gasteiger partial charge on any atom is -0.366 e. The first-order chi connectivity index (χ1) is 12.8. The van der Waals surface area contributed by atoms with Gasteiger partial charge in [-0.05, 0) is 18.2 Å². The molecule has 140 valence electrons. The van der Waals surface area contributed by atoms with Gasteiger partial charge in [0.25, 0.3) is 5.56 Å². The van der Waals surface area contributed by atoms with Crippen LogP contribution in [0, 0.1) is 0 Å². The van der Waals surface area contributed by atoms with Gasteiger partial charge in [-0.2, -0.15) is 23.0 Å². The second kappa shape index (κ2) is 7.36. The highest BCUT2D eigenvalue weighted by atomic mass is 35.5. The average Bonchev–Trinajstić information content (AvgIpc) is 2.64. The zero-order valence-electron chi connectivity index (χ0n) is 14.0. The van der Waals surface area contributed by atoms with Crippen molar-refractivity contribution in [1.82, 2.24) is 19.7 Å². The van der Waals surface area contributed by atoms with Crippen LogP contribution in [0.3, 0.4) is 0 Å². The Bertz CT molecular complexity index is 1010. The van der Waals surface area contributed by atoms with Crippen molar-refractivity contribution in [2.45, 2.75) is 12.7 Å². The van der Waals surface area contributed by atoms with Crippen molar-refractivity contribution in [3.05, 3.63) is 75.7 Å². The van der Waals surface area contributed by atoms with Gasteiger partial charge < -0.3 is 4.90 Å². The third-order valence-corrected chi connectivity index (χ3v) is 4.10. The number of hydrogen-bond donors (Lipinski definition) is 0. The highest BCUT2D eigenvalue weighted by Crippen LogP contribution is 2.30. The van der Waals surface area contributed by atoms with Crippen molar-refractivity contribution in [3.8, 4) is 5.69 Å². The number of aromatic nitrogens is 4. The van der Waals surface area contributed by atoms with Gasteiger partial charge in [-0.3, -0.25) is 14.8 Å². The van der Waals surface area contributed by atoms with E-state index in [1.165, 1.54) is 30.7 Å². The van der Waals surface area contributed by atoms with Crippen molar-refractivity contribution in [1.29, 1.82) is 0 Å². The molecule has 3 rings (SSSR count). The minimum atomic E-state index is -4.53. The van der Waals surface area contributed by atoms with Crippen LogP contribution in [0.25, 0.3) is 5.69 Å². The maximum absolute atomic E-state index is 12.9. The SMILES string of the molecule is CN(Cc1cnccn1)c1cnn(-c2cccc(C(F)(F)F)c2)c(=O)c1Cl. The van der Waals surface area contributed by atoms with Gasteiger partial charge in [0.1, 0.15) is 5.02 Å². The molecule has 0 unspecified atom stereocenters. The summed E-state index contributed by atoms with van der Waals surface area (Å²) in [6.07, 6.45) is 1.44. The van der Waals surface area contributed by atoms with E-state index in [4.69, 9.17) is 11.6 Å². The molecule has 0 bridgehead atoms. The molecule has 0 aliphatic carbocycles. The number of benzene rings is 1. The molecule has 1 aromatic carbocycles. The zero-order chi connectivity index (χ0) is 19.6. The van der Waals surface area contributed by atoms with E-state index in [1.807, 2.05) is 0 Å². The Morgan fingerprint density at radius 3 is 2.67 bits per heavy atom. The summed E-state index contributed by atoms with van der Waals surface area (Å²) in [5.41, 5.74) is -0.651. The van der Waals surface area contributed by atoms with E-state index in [1.54, 1.807) is 18.1 Å². The van der Waals surface area contributed by atoms with Crippen molar-refractivity contribution in [3.63, 3.8) is 0 Å². The molecule has 0 saturated carbocycles. The van der Waals surface area contributed by atoms with Crippen LogP contribution in [0.1, 0.15) is 11.3 Å². The molecule has 0 aliphatic heterocycles. The van der Waals surface area contributed by atoms with Crippen LogP contribution in [0.5, 0.6) is 0 Å². The fourth-order valence-corrected chi connectivity index (χ4v) is 2.70. The molecular formula is C17H13ClF3N5O. The van der Waals surface area contributed by atoms with Gasteiger partial charge in [-0.1, -0.05) is 17.7 Å². The predicted molar refractivity (Wildman–Crippen MR) is 94.0 cm³/mol. The number of nitrogens with zero attached hydrogens (tertiary/aromatic N) is 5. The monoisotopic (exact) mass is 395 g/mol. The van der Waals surface area contributed by atoms with Crippen LogP contribution in [0.15, 0.2) is 53.8 Å². The molecule has 3 aromatic rings. The van der Waals surface area contributed by atoms with Gasteiger partial charge in [-0.25, -0.2) is 0 Å². The third-order valence-electron chi connectivity index (χ3n) is 3.75. The minimum absolute atomic E-state index is 0.0279. The Kier molecular flexibility index (Phi) is 5.13. The number of alkyl halides is 3. The molecule has 6 nitrogen and oxygen atoms in total. The van der Waals surface area contributed by atoms with Crippen molar-refractivity contribution in [2.24, 2.45) is 0 Å². The van der Waals surface area contributed by atoms with Gasteiger partial charge >= 0.3 is 6.18 Å². The molecule has 0 fully saturated rings. The van der Waals surface area contributed by atoms with E-state index < -0.39 is 17.3 Å². The van der Waals surface area contributed by atoms with Crippen molar-refractivity contribution in [2.75, 3.05) is 11.9 Å². The third kappa shape index (κ3) is 4.08. The van der Waals surface area contributed by atoms with Crippen molar-refractivity contribution >= 4 is 17.3 Å². The Hall–Kier alpha value is -2.94. The van der Waals surface area contributed by atoms with Gasteiger partial charge in [0.05, 0.1) is 41.6 Å². The van der Waals surface area contributed by atoms with Crippen LogP contribution >= 0.6 is 11.6 Å². The number of hydrogen-bond acceptors (Lipinski definition) is 5. The summed E-state index contributed by atoms with van der Waals surface area (Å²) in [5.74, 6) is 0. The summed E-state index contributed by atoms with van der Waals surface area (Å²) < 4.78 is 39.5. The van der Waals surface area contributed by atoms with Crippen LogP contribution < -0.4 is 10.5 Å². The van der Waals surface area contributed by atoms with Crippen LogP contribution in [0.4, 0.5) is 18.9 Å². The van der Waals surface area contributed by atoms with E-state index in [-0.39, 0.29) is 10.7 Å². The van der Waals surface area contributed by atoms with E-state index in [2.05, 4.69) is 15.1 Å². The average molecular weight is 396 g/mol. The van der Waals surface area contributed by atoms with E-state index in [0.29, 0.717) is 17.9 Å².